The van der Waals surface area contributed by atoms with Gasteiger partial charge >= 0.3 is 5.97 Å². The molecule has 0 saturated carbocycles. The summed E-state index contributed by atoms with van der Waals surface area (Å²) in [6, 6.07) is 10.6. The molecule has 0 aliphatic carbocycles. The van der Waals surface area contributed by atoms with Gasteiger partial charge in [-0.2, -0.15) is 0 Å². The number of nitrogens with one attached hydrogen (secondary N) is 1. The van der Waals surface area contributed by atoms with Crippen molar-refractivity contribution in [1.29, 1.82) is 0 Å². The normalized spacial score (nSPS) is 12.2. The molecule has 0 saturated heterocycles. The Bertz CT molecular complexity index is 991. The molecule has 0 aliphatic heterocycles. The van der Waals surface area contributed by atoms with E-state index in [1.807, 2.05) is 31.1 Å². The maximum Gasteiger partial charge on any atom is 0.338 e. The molecule has 2 aromatic carbocycles. The number of ether oxygens (including phenoxy) is 1. The molecule has 1 atom stereocenters. The first-order chi connectivity index (χ1) is 13.0. The van der Waals surface area contributed by atoms with Crippen LogP contribution in [0.5, 0.6) is 0 Å². The molecule has 2 aromatic rings. The topological polar surface area (TPSA) is 119 Å². The quantitative estimate of drug-likeness (QED) is 0.685. The van der Waals surface area contributed by atoms with Crippen molar-refractivity contribution in [3.8, 4) is 0 Å². The second-order valence-electron chi connectivity index (χ2n) is 6.17. The molecule has 2 rings (SSSR count). The largest absolute Gasteiger partial charge is 0.449 e. The fraction of sp³-hybridized carbons (Fsp3) is 0.222. The summed E-state index contributed by atoms with van der Waals surface area (Å²) in [6.45, 7) is 1.40. The minimum absolute atomic E-state index is 0.0941. The van der Waals surface area contributed by atoms with Gasteiger partial charge in [-0.25, -0.2) is 18.4 Å². The lowest BCUT2D eigenvalue weighted by Gasteiger charge is -2.15. The van der Waals surface area contributed by atoms with Gasteiger partial charge in [-0.1, -0.05) is 11.6 Å². The van der Waals surface area contributed by atoms with Crippen LogP contribution < -0.4 is 15.4 Å². The van der Waals surface area contributed by atoms with E-state index in [4.69, 9.17) is 21.5 Å². The van der Waals surface area contributed by atoms with E-state index >= 15 is 0 Å². The zero-order valence-electron chi connectivity index (χ0n) is 15.5. The van der Waals surface area contributed by atoms with Gasteiger partial charge in [-0.15, -0.1) is 0 Å². The molecule has 150 valence electrons. The first kappa shape index (κ1) is 21.7. The fourth-order valence-corrected chi connectivity index (χ4v) is 3.29. The third-order valence-corrected chi connectivity index (χ3v) is 5.17. The summed E-state index contributed by atoms with van der Waals surface area (Å²) in [6.07, 6.45) is -1.12. The molecule has 0 spiro atoms. The number of nitrogens with two attached hydrogens (primary N) is 1. The minimum atomic E-state index is -4.11. The van der Waals surface area contributed by atoms with Crippen molar-refractivity contribution in [3.05, 3.63) is 53.1 Å². The summed E-state index contributed by atoms with van der Waals surface area (Å²) in [5.41, 5.74) is 1.41. The third kappa shape index (κ3) is 5.44. The molecule has 10 heteroatoms. The molecular weight excluding hydrogens is 406 g/mol. The molecule has 1 unspecified atom stereocenters. The standard InChI is InChI=1S/C18H20ClN3O5S/c1-11(17(23)21-13-5-7-14(8-6-13)22(2)3)27-18(24)12-4-9-15(19)16(10-12)28(20,25)26/h4-11H,1-3H3,(H,21,23)(H2,20,25,26). The molecule has 1 amide bonds. The number of carbonyl (C=O) groups excluding carboxylic acids is 2. The van der Waals surface area contributed by atoms with Gasteiger partial charge in [0.15, 0.2) is 6.10 Å². The van der Waals surface area contributed by atoms with Crippen molar-refractivity contribution in [3.63, 3.8) is 0 Å². The number of rotatable bonds is 6. The number of halogens is 1. The van der Waals surface area contributed by atoms with Crippen LogP contribution in [0.4, 0.5) is 11.4 Å². The average molecular weight is 426 g/mol. The van der Waals surface area contributed by atoms with Crippen molar-refractivity contribution in [2.24, 2.45) is 5.14 Å². The van der Waals surface area contributed by atoms with Crippen LogP contribution in [-0.2, 0) is 19.6 Å². The smallest absolute Gasteiger partial charge is 0.338 e. The highest BCUT2D eigenvalue weighted by molar-refractivity contribution is 7.89. The monoisotopic (exact) mass is 425 g/mol. The SMILES string of the molecule is CC(OC(=O)c1ccc(Cl)c(S(N)(=O)=O)c1)C(=O)Nc1ccc(N(C)C)cc1. The molecule has 8 nitrogen and oxygen atoms in total. The highest BCUT2D eigenvalue weighted by atomic mass is 35.5. The molecule has 0 fully saturated rings. The Labute approximate surface area is 168 Å². The molecule has 28 heavy (non-hydrogen) atoms. The number of hydrogen-bond acceptors (Lipinski definition) is 6. The Balaban J connectivity index is 2.06. The number of amides is 1. The fourth-order valence-electron chi connectivity index (χ4n) is 2.22. The van der Waals surface area contributed by atoms with E-state index in [9.17, 15) is 18.0 Å². The summed E-state index contributed by atoms with van der Waals surface area (Å²) in [7, 11) is -0.315. The Morgan fingerprint density at radius 1 is 1.14 bits per heavy atom. The van der Waals surface area contributed by atoms with E-state index in [1.54, 1.807) is 12.1 Å². The van der Waals surface area contributed by atoms with Crippen LogP contribution >= 0.6 is 11.6 Å². The van der Waals surface area contributed by atoms with Gasteiger partial charge in [-0.3, -0.25) is 4.79 Å². The molecule has 0 aliphatic rings. The number of nitrogens with zero attached hydrogens (tertiary/aromatic N) is 1. The number of sulfonamides is 1. The molecule has 0 heterocycles. The van der Waals surface area contributed by atoms with Gasteiger partial charge in [0.25, 0.3) is 5.91 Å². The van der Waals surface area contributed by atoms with Crippen molar-refractivity contribution in [2.75, 3.05) is 24.3 Å². The second-order valence-corrected chi connectivity index (χ2v) is 8.11. The highest BCUT2D eigenvalue weighted by Gasteiger charge is 2.21. The maximum absolute atomic E-state index is 12.2. The van der Waals surface area contributed by atoms with Crippen molar-refractivity contribution in [1.82, 2.24) is 0 Å². The summed E-state index contributed by atoms with van der Waals surface area (Å²) in [4.78, 5) is 26.0. The molecule has 0 bridgehead atoms. The summed E-state index contributed by atoms with van der Waals surface area (Å²) < 4.78 is 28.1. The third-order valence-electron chi connectivity index (χ3n) is 3.78. The van der Waals surface area contributed by atoms with Gasteiger partial charge in [-0.05, 0) is 49.4 Å². The predicted molar refractivity (Wildman–Crippen MR) is 107 cm³/mol. The Morgan fingerprint density at radius 2 is 1.75 bits per heavy atom. The van der Waals surface area contributed by atoms with Crippen LogP contribution in [-0.4, -0.2) is 40.5 Å². The lowest BCUT2D eigenvalue weighted by Crippen LogP contribution is -2.30. The Kier molecular flexibility index (Phi) is 6.65. The first-order valence-corrected chi connectivity index (χ1v) is 10.0. The van der Waals surface area contributed by atoms with Crippen molar-refractivity contribution >= 4 is 44.9 Å². The zero-order valence-corrected chi connectivity index (χ0v) is 17.0. The van der Waals surface area contributed by atoms with Crippen LogP contribution in [0, 0.1) is 0 Å². The zero-order chi connectivity index (χ0) is 21.1. The molecule has 0 aromatic heterocycles. The van der Waals surface area contributed by atoms with Gasteiger partial charge in [0.2, 0.25) is 10.0 Å². The van der Waals surface area contributed by atoms with Gasteiger partial charge in [0.05, 0.1) is 10.6 Å². The van der Waals surface area contributed by atoms with Crippen LogP contribution in [0.3, 0.4) is 0 Å². The van der Waals surface area contributed by atoms with E-state index < -0.39 is 32.9 Å². The van der Waals surface area contributed by atoms with Crippen LogP contribution in [0.1, 0.15) is 17.3 Å². The highest BCUT2D eigenvalue weighted by Crippen LogP contribution is 2.22. The minimum Gasteiger partial charge on any atom is -0.449 e. The summed E-state index contributed by atoms with van der Waals surface area (Å²) in [5, 5.41) is 7.58. The lowest BCUT2D eigenvalue weighted by atomic mass is 10.2. The van der Waals surface area contributed by atoms with E-state index in [2.05, 4.69) is 5.32 Å². The van der Waals surface area contributed by atoms with Crippen molar-refractivity contribution < 1.29 is 22.7 Å². The lowest BCUT2D eigenvalue weighted by molar-refractivity contribution is -0.123. The first-order valence-electron chi connectivity index (χ1n) is 8.10. The number of primary sulfonamides is 1. The van der Waals surface area contributed by atoms with E-state index in [0.717, 1.165) is 11.8 Å². The molecule has 3 N–H and O–H groups in total. The number of anilines is 2. The Morgan fingerprint density at radius 3 is 2.29 bits per heavy atom. The number of esters is 1. The summed E-state index contributed by atoms with van der Waals surface area (Å²) >= 11 is 5.78. The van der Waals surface area contributed by atoms with E-state index in [-0.39, 0.29) is 10.6 Å². The molecular formula is C18H20ClN3O5S. The van der Waals surface area contributed by atoms with Gasteiger partial charge in [0.1, 0.15) is 4.90 Å². The molecule has 0 radical (unpaired) electrons. The van der Waals surface area contributed by atoms with E-state index in [0.29, 0.717) is 5.69 Å². The number of carbonyl (C=O) groups is 2. The van der Waals surface area contributed by atoms with Crippen LogP contribution in [0.2, 0.25) is 5.02 Å². The predicted octanol–water partition coefficient (Wildman–Crippen LogP) is 2.24. The number of benzene rings is 2. The van der Waals surface area contributed by atoms with Crippen molar-refractivity contribution in [2.45, 2.75) is 17.9 Å². The van der Waals surface area contributed by atoms with Gasteiger partial charge < -0.3 is 15.0 Å². The maximum atomic E-state index is 12.2. The average Bonchev–Trinajstić information content (AvgIpc) is 2.61. The second kappa shape index (κ2) is 8.59. The van der Waals surface area contributed by atoms with Gasteiger partial charge in [0, 0.05) is 25.5 Å². The van der Waals surface area contributed by atoms with Crippen LogP contribution in [0.15, 0.2) is 47.4 Å². The van der Waals surface area contributed by atoms with E-state index in [1.165, 1.54) is 19.1 Å². The summed E-state index contributed by atoms with van der Waals surface area (Å²) in [5.74, 6) is -1.42. The van der Waals surface area contributed by atoms with Crippen LogP contribution in [0.25, 0.3) is 0 Å². The number of hydrogen-bond donors (Lipinski definition) is 2. The Hall–Kier alpha value is -2.62.